The minimum absolute atomic E-state index is 0. The zero-order valence-corrected chi connectivity index (χ0v) is 14.5. The summed E-state index contributed by atoms with van der Waals surface area (Å²) in [5.41, 5.74) is 0.359. The fraction of sp³-hybridized carbons (Fsp3) is 0.417. The van der Waals surface area contributed by atoms with Crippen molar-refractivity contribution in [1.29, 1.82) is 0 Å². The molecule has 0 heterocycles. The predicted molar refractivity (Wildman–Crippen MR) is 85.1 cm³/mol. The Morgan fingerprint density at radius 1 is 1.30 bits per heavy atom. The second-order valence-corrected chi connectivity index (χ2v) is 6.67. The van der Waals surface area contributed by atoms with Crippen LogP contribution in [0.5, 0.6) is 0 Å². The van der Waals surface area contributed by atoms with Crippen LogP contribution < -0.4 is 10.0 Å². The van der Waals surface area contributed by atoms with Gasteiger partial charge in [0.1, 0.15) is 0 Å². The molecule has 0 aliphatic carbocycles. The second-order valence-electron chi connectivity index (χ2n) is 4.05. The molecule has 0 bridgehead atoms. The van der Waals surface area contributed by atoms with E-state index in [0.29, 0.717) is 23.0 Å². The zero-order valence-electron chi connectivity index (χ0n) is 11.3. The maximum absolute atomic E-state index is 12.0. The van der Waals surface area contributed by atoms with E-state index in [-0.39, 0.29) is 23.1 Å². The van der Waals surface area contributed by atoms with E-state index in [9.17, 15) is 13.2 Å². The van der Waals surface area contributed by atoms with Crippen molar-refractivity contribution in [1.82, 2.24) is 10.0 Å². The summed E-state index contributed by atoms with van der Waals surface area (Å²) in [5, 5.41) is 2.94. The van der Waals surface area contributed by atoms with E-state index in [1.807, 2.05) is 7.05 Å². The molecule has 0 aliphatic heterocycles. The van der Waals surface area contributed by atoms with Crippen molar-refractivity contribution in [3.8, 4) is 0 Å². The lowest BCUT2D eigenvalue weighted by atomic mass is 10.1. The molecule has 0 aliphatic rings. The molecule has 114 valence electrons. The number of rotatable bonds is 7. The summed E-state index contributed by atoms with van der Waals surface area (Å²) < 4.78 is 27.1. The number of hydrogen-bond donors (Lipinski definition) is 2. The third-order valence-electron chi connectivity index (χ3n) is 2.52. The van der Waals surface area contributed by atoms with Crippen LogP contribution in [0.2, 0.25) is 0 Å². The highest BCUT2D eigenvalue weighted by Crippen LogP contribution is 2.21. The smallest absolute Gasteiger partial charge is 0.240 e. The van der Waals surface area contributed by atoms with Gasteiger partial charge in [-0.05, 0) is 45.1 Å². The van der Waals surface area contributed by atoms with Gasteiger partial charge < -0.3 is 5.32 Å². The van der Waals surface area contributed by atoms with Crippen molar-refractivity contribution < 1.29 is 13.2 Å². The molecule has 0 radical (unpaired) electrons. The van der Waals surface area contributed by atoms with Crippen LogP contribution in [0.3, 0.4) is 0 Å². The molecule has 0 unspecified atom stereocenters. The maximum Gasteiger partial charge on any atom is 0.240 e. The molecule has 0 amide bonds. The van der Waals surface area contributed by atoms with Gasteiger partial charge in [0.05, 0.1) is 4.90 Å². The Kier molecular flexibility index (Phi) is 8.53. The van der Waals surface area contributed by atoms with Crippen LogP contribution >= 0.6 is 28.3 Å². The van der Waals surface area contributed by atoms with Gasteiger partial charge in [0.25, 0.3) is 0 Å². The van der Waals surface area contributed by atoms with Gasteiger partial charge >= 0.3 is 0 Å². The first kappa shape index (κ1) is 19.5. The third-order valence-corrected chi connectivity index (χ3v) is 4.67. The van der Waals surface area contributed by atoms with E-state index < -0.39 is 10.0 Å². The monoisotopic (exact) mass is 384 g/mol. The van der Waals surface area contributed by atoms with Crippen molar-refractivity contribution in [3.63, 3.8) is 0 Å². The largest absolute Gasteiger partial charge is 0.320 e. The summed E-state index contributed by atoms with van der Waals surface area (Å²) in [7, 11) is -1.76. The van der Waals surface area contributed by atoms with Gasteiger partial charge in [0.2, 0.25) is 10.0 Å². The molecular formula is C12H18BrClN2O3S. The quantitative estimate of drug-likeness (QED) is 0.556. The number of benzene rings is 1. The van der Waals surface area contributed by atoms with Gasteiger partial charge in [-0.15, -0.1) is 12.4 Å². The summed E-state index contributed by atoms with van der Waals surface area (Å²) in [5.74, 6) is -0.181. The Morgan fingerprint density at radius 3 is 2.50 bits per heavy atom. The molecule has 20 heavy (non-hydrogen) atoms. The number of carbonyl (C=O) groups is 1. The van der Waals surface area contributed by atoms with Crippen LogP contribution in [-0.2, 0) is 10.0 Å². The van der Waals surface area contributed by atoms with Crippen LogP contribution in [0.4, 0.5) is 0 Å². The highest BCUT2D eigenvalue weighted by atomic mass is 79.9. The number of Topliss-reactive ketones (excluding diaryl/α,β-unsaturated/α-hetero) is 1. The van der Waals surface area contributed by atoms with Crippen molar-refractivity contribution in [3.05, 3.63) is 28.2 Å². The lowest BCUT2D eigenvalue weighted by Crippen LogP contribution is -2.27. The number of hydrogen-bond acceptors (Lipinski definition) is 4. The molecule has 0 saturated carbocycles. The van der Waals surface area contributed by atoms with Crippen molar-refractivity contribution >= 4 is 44.1 Å². The maximum atomic E-state index is 12.0. The van der Waals surface area contributed by atoms with Crippen molar-refractivity contribution in [2.75, 3.05) is 20.1 Å². The van der Waals surface area contributed by atoms with Crippen molar-refractivity contribution in [2.24, 2.45) is 0 Å². The highest BCUT2D eigenvalue weighted by molar-refractivity contribution is 9.10. The van der Waals surface area contributed by atoms with E-state index in [1.54, 1.807) is 6.07 Å². The van der Waals surface area contributed by atoms with Crippen LogP contribution in [-0.4, -0.2) is 34.3 Å². The van der Waals surface area contributed by atoms with E-state index in [1.165, 1.54) is 19.1 Å². The highest BCUT2D eigenvalue weighted by Gasteiger charge is 2.16. The molecule has 1 rings (SSSR count). The summed E-state index contributed by atoms with van der Waals surface area (Å²) in [6, 6.07) is 4.42. The van der Waals surface area contributed by atoms with E-state index in [0.717, 1.165) is 6.54 Å². The lowest BCUT2D eigenvalue weighted by molar-refractivity contribution is 0.101. The number of ketones is 1. The summed E-state index contributed by atoms with van der Waals surface area (Å²) in [4.78, 5) is 11.5. The van der Waals surface area contributed by atoms with Crippen LogP contribution in [0, 0.1) is 0 Å². The number of nitrogens with one attached hydrogen (secondary N) is 2. The minimum atomic E-state index is -3.56. The van der Waals surface area contributed by atoms with Crippen LogP contribution in [0.15, 0.2) is 27.6 Å². The van der Waals surface area contributed by atoms with E-state index in [4.69, 9.17) is 0 Å². The molecule has 1 aromatic rings. The Labute approximate surface area is 134 Å². The normalized spacial score (nSPS) is 10.9. The molecule has 0 aromatic heterocycles. The molecule has 5 nitrogen and oxygen atoms in total. The van der Waals surface area contributed by atoms with Gasteiger partial charge in [-0.25, -0.2) is 13.1 Å². The molecule has 0 spiro atoms. The number of sulfonamides is 1. The van der Waals surface area contributed by atoms with Gasteiger partial charge in [0.15, 0.2) is 5.78 Å². The summed E-state index contributed by atoms with van der Waals surface area (Å²) >= 11 is 3.23. The number of halogens is 2. The molecule has 8 heteroatoms. The SMILES string of the molecule is CNCCCNS(=O)(=O)c1ccc(Br)c(C(C)=O)c1.Cl. The third kappa shape index (κ3) is 5.49. The van der Waals surface area contributed by atoms with Gasteiger partial charge in [-0.1, -0.05) is 15.9 Å². The Hall–Kier alpha value is -0.470. The first-order chi connectivity index (χ1) is 8.88. The molecule has 0 atom stereocenters. The van der Waals surface area contributed by atoms with Crippen molar-refractivity contribution in [2.45, 2.75) is 18.2 Å². The number of carbonyl (C=O) groups excluding carboxylic acids is 1. The van der Waals surface area contributed by atoms with E-state index in [2.05, 4.69) is 26.0 Å². The average Bonchev–Trinajstić information content (AvgIpc) is 2.34. The molecule has 0 fully saturated rings. The van der Waals surface area contributed by atoms with E-state index >= 15 is 0 Å². The Balaban J connectivity index is 0.00000361. The summed E-state index contributed by atoms with van der Waals surface area (Å²) in [6.45, 7) is 2.49. The lowest BCUT2D eigenvalue weighted by Gasteiger charge is -2.08. The topological polar surface area (TPSA) is 75.3 Å². The predicted octanol–water partition coefficient (Wildman–Crippen LogP) is 1.96. The Morgan fingerprint density at radius 2 is 1.95 bits per heavy atom. The standard InChI is InChI=1S/C12H17BrN2O3S.ClH/c1-9(16)11-8-10(4-5-12(11)13)19(17,18)15-7-3-6-14-2;/h4-5,8,14-15H,3,6-7H2,1-2H3;1H. The minimum Gasteiger partial charge on any atom is -0.320 e. The first-order valence-corrected chi connectivity index (χ1v) is 8.11. The first-order valence-electron chi connectivity index (χ1n) is 5.83. The zero-order chi connectivity index (χ0) is 14.5. The summed E-state index contributed by atoms with van der Waals surface area (Å²) in [6.07, 6.45) is 0.700. The second kappa shape index (κ2) is 8.74. The molecule has 0 saturated heterocycles. The fourth-order valence-electron chi connectivity index (χ4n) is 1.50. The average molecular weight is 386 g/mol. The molecular weight excluding hydrogens is 368 g/mol. The Bertz CT molecular complexity index is 564. The van der Waals surface area contributed by atoms with Gasteiger partial charge in [-0.3, -0.25) is 4.79 Å². The van der Waals surface area contributed by atoms with Gasteiger partial charge in [0, 0.05) is 16.6 Å². The van der Waals surface area contributed by atoms with Gasteiger partial charge in [-0.2, -0.15) is 0 Å². The fourth-order valence-corrected chi connectivity index (χ4v) is 3.12. The molecule has 2 N–H and O–H groups in total. The van der Waals surface area contributed by atoms with Crippen LogP contribution in [0.1, 0.15) is 23.7 Å². The molecule has 1 aromatic carbocycles. The van der Waals surface area contributed by atoms with Crippen LogP contribution in [0.25, 0.3) is 0 Å².